The number of aromatic nitrogens is 2. The minimum Gasteiger partial charge on any atom is -0.501 e. The zero-order valence-corrected chi connectivity index (χ0v) is 14.4. The number of hydrogen-bond acceptors (Lipinski definition) is 5. The van der Waals surface area contributed by atoms with E-state index in [4.69, 9.17) is 4.74 Å². The smallest absolute Gasteiger partial charge is 0.422 e. The Balaban J connectivity index is 1.86. The van der Waals surface area contributed by atoms with Crippen molar-refractivity contribution < 1.29 is 27.8 Å². The molecule has 0 radical (unpaired) electrons. The maximum atomic E-state index is 12.5. The van der Waals surface area contributed by atoms with E-state index in [0.717, 1.165) is 0 Å². The van der Waals surface area contributed by atoms with Crippen molar-refractivity contribution in [3.05, 3.63) is 55.9 Å². The highest BCUT2D eigenvalue weighted by atomic mass is 19.4. The van der Waals surface area contributed by atoms with E-state index in [-0.39, 0.29) is 5.75 Å². The first kappa shape index (κ1) is 19.5. The second-order valence-corrected chi connectivity index (χ2v) is 6.28. The number of amides is 1. The van der Waals surface area contributed by atoms with Crippen molar-refractivity contribution in [1.29, 1.82) is 0 Å². The topological polar surface area (TPSA) is 124 Å². The molecule has 0 unspecified atom stereocenters. The number of carbonyl (C=O) groups is 1. The Bertz CT molecular complexity index is 1010. The highest BCUT2D eigenvalue weighted by molar-refractivity contribution is 5.94. The fraction of sp³-hybridized carbons (Fsp3) is 0.353. The summed E-state index contributed by atoms with van der Waals surface area (Å²) in [4.78, 5) is 39.0. The average molecular weight is 399 g/mol. The van der Waals surface area contributed by atoms with Crippen molar-refractivity contribution >= 4 is 5.91 Å². The first-order chi connectivity index (χ1) is 13.2. The molecular weight excluding hydrogens is 383 g/mol. The molecule has 8 nitrogen and oxygen atoms in total. The standard InChI is InChI=1S/C17H16F3N3O5/c18-17(19,20)7-28-11-6-2-3-8-9(11)4-1-5-10(8)21-14(25)12-13(24)15(26)23-16(27)22-12/h2-3,6,10,24H,1,4-5,7H2,(H,21,25)(H2,22,23,26,27)/t10-/m0/s1. The summed E-state index contributed by atoms with van der Waals surface area (Å²) in [5, 5.41) is 12.3. The van der Waals surface area contributed by atoms with Crippen molar-refractivity contribution in [3.63, 3.8) is 0 Å². The number of H-pyrrole nitrogens is 2. The number of halogens is 3. The molecule has 11 heteroatoms. The van der Waals surface area contributed by atoms with E-state index in [2.05, 4.69) is 10.3 Å². The Morgan fingerprint density at radius 2 is 2.04 bits per heavy atom. The second kappa shape index (κ2) is 7.41. The maximum absolute atomic E-state index is 12.5. The van der Waals surface area contributed by atoms with E-state index >= 15 is 0 Å². The Morgan fingerprint density at radius 1 is 1.29 bits per heavy atom. The Hall–Kier alpha value is -3.24. The van der Waals surface area contributed by atoms with Crippen LogP contribution in [-0.2, 0) is 6.42 Å². The van der Waals surface area contributed by atoms with Gasteiger partial charge in [0.1, 0.15) is 5.75 Å². The van der Waals surface area contributed by atoms with Crippen LogP contribution >= 0.6 is 0 Å². The number of nitrogens with one attached hydrogen (secondary N) is 3. The lowest BCUT2D eigenvalue weighted by Crippen LogP contribution is -2.35. The molecule has 1 aromatic heterocycles. The largest absolute Gasteiger partial charge is 0.501 e. The Kier molecular flexibility index (Phi) is 5.16. The van der Waals surface area contributed by atoms with Crippen LogP contribution in [0.25, 0.3) is 0 Å². The van der Waals surface area contributed by atoms with E-state index in [1.807, 2.05) is 0 Å². The summed E-state index contributed by atoms with van der Waals surface area (Å²) in [7, 11) is 0. The molecule has 4 N–H and O–H groups in total. The molecule has 1 aliphatic rings. The zero-order valence-electron chi connectivity index (χ0n) is 14.4. The third-order valence-electron chi connectivity index (χ3n) is 4.31. The van der Waals surface area contributed by atoms with E-state index in [1.54, 1.807) is 11.1 Å². The lowest BCUT2D eigenvalue weighted by molar-refractivity contribution is -0.153. The summed E-state index contributed by atoms with van der Waals surface area (Å²) >= 11 is 0. The van der Waals surface area contributed by atoms with Gasteiger partial charge in [0.2, 0.25) is 5.75 Å². The molecule has 3 rings (SSSR count). The molecule has 0 saturated heterocycles. The van der Waals surface area contributed by atoms with Crippen molar-refractivity contribution in [2.45, 2.75) is 31.5 Å². The molecule has 0 spiro atoms. The maximum Gasteiger partial charge on any atom is 0.422 e. The van der Waals surface area contributed by atoms with Crippen LogP contribution in [0.3, 0.4) is 0 Å². The van der Waals surface area contributed by atoms with Crippen LogP contribution < -0.4 is 21.3 Å². The predicted octanol–water partition coefficient (Wildman–Crippen LogP) is 1.52. The van der Waals surface area contributed by atoms with Crippen molar-refractivity contribution in [3.8, 4) is 11.5 Å². The van der Waals surface area contributed by atoms with Crippen LogP contribution in [0.4, 0.5) is 13.2 Å². The summed E-state index contributed by atoms with van der Waals surface area (Å²) in [6, 6.07) is 4.00. The van der Waals surface area contributed by atoms with Gasteiger partial charge in [0.05, 0.1) is 6.04 Å². The first-order valence-corrected chi connectivity index (χ1v) is 8.33. The summed E-state index contributed by atoms with van der Waals surface area (Å²) in [5.41, 5.74) is -1.54. The highest BCUT2D eigenvalue weighted by Crippen LogP contribution is 2.36. The monoisotopic (exact) mass is 399 g/mol. The number of fused-ring (bicyclic) bond motifs is 1. The van der Waals surface area contributed by atoms with Crippen LogP contribution in [-0.4, -0.2) is 33.8 Å². The average Bonchev–Trinajstić information content (AvgIpc) is 2.62. The van der Waals surface area contributed by atoms with Gasteiger partial charge in [-0.15, -0.1) is 0 Å². The van der Waals surface area contributed by atoms with Crippen LogP contribution in [0.1, 0.15) is 40.5 Å². The number of ether oxygens (including phenoxy) is 1. The summed E-state index contributed by atoms with van der Waals surface area (Å²) in [5.74, 6) is -1.74. The van der Waals surface area contributed by atoms with Crippen LogP contribution in [0.5, 0.6) is 11.5 Å². The van der Waals surface area contributed by atoms with Gasteiger partial charge in [-0.1, -0.05) is 12.1 Å². The molecule has 1 aliphatic carbocycles. The second-order valence-electron chi connectivity index (χ2n) is 6.28. The highest BCUT2D eigenvalue weighted by Gasteiger charge is 2.30. The number of alkyl halides is 3. The SMILES string of the molecule is O=C(N[C@H]1CCCc2c(OCC(F)(F)F)cccc21)c1[nH]c(=O)[nH]c(=O)c1O. The first-order valence-electron chi connectivity index (χ1n) is 8.33. The van der Waals surface area contributed by atoms with E-state index < -0.39 is 47.4 Å². The normalized spacial score (nSPS) is 16.3. The van der Waals surface area contributed by atoms with E-state index in [9.17, 15) is 32.7 Å². The van der Waals surface area contributed by atoms with E-state index in [1.165, 1.54) is 12.1 Å². The molecule has 0 saturated carbocycles. The van der Waals surface area contributed by atoms with Gasteiger partial charge in [0, 0.05) is 0 Å². The lowest BCUT2D eigenvalue weighted by atomic mass is 9.87. The van der Waals surface area contributed by atoms with Gasteiger partial charge in [-0.25, -0.2) is 4.79 Å². The molecule has 0 aliphatic heterocycles. The molecule has 1 heterocycles. The predicted molar refractivity (Wildman–Crippen MR) is 90.5 cm³/mol. The number of carbonyl (C=O) groups excluding carboxylic acids is 1. The van der Waals surface area contributed by atoms with Gasteiger partial charge in [-0.05, 0) is 36.5 Å². The van der Waals surface area contributed by atoms with Gasteiger partial charge >= 0.3 is 11.9 Å². The van der Waals surface area contributed by atoms with Gasteiger partial charge in [0.15, 0.2) is 12.3 Å². The number of aromatic amines is 2. The molecule has 0 fully saturated rings. The molecule has 0 bridgehead atoms. The van der Waals surface area contributed by atoms with E-state index in [0.29, 0.717) is 30.4 Å². The fourth-order valence-electron chi connectivity index (χ4n) is 3.13. The molecule has 1 atom stereocenters. The number of aromatic hydroxyl groups is 1. The number of hydrogen-bond donors (Lipinski definition) is 4. The van der Waals surface area contributed by atoms with Crippen molar-refractivity contribution in [2.75, 3.05) is 6.61 Å². The van der Waals surface area contributed by atoms with Crippen molar-refractivity contribution in [2.24, 2.45) is 0 Å². The van der Waals surface area contributed by atoms with Gasteiger partial charge in [0.25, 0.3) is 11.5 Å². The minimum absolute atomic E-state index is 0.0844. The molecule has 150 valence electrons. The Labute approximate surface area is 155 Å². The molecule has 2 aromatic rings. The molecule has 1 amide bonds. The van der Waals surface area contributed by atoms with Crippen LogP contribution in [0.2, 0.25) is 0 Å². The number of rotatable bonds is 4. The third kappa shape index (κ3) is 4.18. The summed E-state index contributed by atoms with van der Waals surface area (Å²) < 4.78 is 42.2. The number of benzene rings is 1. The van der Waals surface area contributed by atoms with Gasteiger partial charge in [-0.2, -0.15) is 13.2 Å². The summed E-state index contributed by atoms with van der Waals surface area (Å²) in [6.07, 6.45) is -2.95. The van der Waals surface area contributed by atoms with Crippen molar-refractivity contribution in [1.82, 2.24) is 15.3 Å². The Morgan fingerprint density at radius 3 is 2.75 bits per heavy atom. The van der Waals surface area contributed by atoms with Crippen LogP contribution in [0, 0.1) is 0 Å². The quantitative estimate of drug-likeness (QED) is 0.621. The molecule has 28 heavy (non-hydrogen) atoms. The van der Waals surface area contributed by atoms with Crippen LogP contribution in [0.15, 0.2) is 27.8 Å². The molecular formula is C17H16F3N3O5. The summed E-state index contributed by atoms with van der Waals surface area (Å²) in [6.45, 7) is -1.43. The zero-order chi connectivity index (χ0) is 20.5. The third-order valence-corrected chi connectivity index (χ3v) is 4.31. The van der Waals surface area contributed by atoms with Gasteiger partial charge in [-0.3, -0.25) is 19.6 Å². The van der Waals surface area contributed by atoms with Gasteiger partial charge < -0.3 is 15.2 Å². The fourth-order valence-corrected chi connectivity index (χ4v) is 3.13. The molecule has 1 aromatic carbocycles. The lowest BCUT2D eigenvalue weighted by Gasteiger charge is -2.28. The minimum atomic E-state index is -4.48.